The van der Waals surface area contributed by atoms with Crippen molar-refractivity contribution in [3.63, 3.8) is 0 Å². The number of rotatable bonds is 6. The van der Waals surface area contributed by atoms with E-state index in [2.05, 4.69) is 16.6 Å². The molecule has 1 saturated heterocycles. The maximum absolute atomic E-state index is 11.7. The molecular weight excluding hydrogens is 212 g/mol. The van der Waals surface area contributed by atoms with E-state index in [1.165, 1.54) is 19.3 Å². The van der Waals surface area contributed by atoms with Gasteiger partial charge in [0.05, 0.1) is 0 Å². The van der Waals surface area contributed by atoms with E-state index >= 15 is 0 Å². The van der Waals surface area contributed by atoms with E-state index < -0.39 is 0 Å². The van der Waals surface area contributed by atoms with Gasteiger partial charge in [-0.15, -0.1) is 12.3 Å². The Bertz CT molecular complexity index is 264. The van der Waals surface area contributed by atoms with Crippen LogP contribution < -0.4 is 10.6 Å². The smallest absolute Gasteiger partial charge is 0.220 e. The average Bonchev–Trinajstić information content (AvgIpc) is 2.37. The zero-order valence-corrected chi connectivity index (χ0v) is 10.8. The fraction of sp³-hybridized carbons (Fsp3) is 0.786. The second-order valence-electron chi connectivity index (χ2n) is 4.77. The van der Waals surface area contributed by atoms with Crippen LogP contribution in [0.1, 0.15) is 51.9 Å². The number of hydrogen-bond acceptors (Lipinski definition) is 2. The first-order valence-electron chi connectivity index (χ1n) is 6.72. The van der Waals surface area contributed by atoms with Crippen LogP contribution in [0.3, 0.4) is 0 Å². The molecule has 1 aliphatic heterocycles. The Balaban J connectivity index is 2.17. The molecule has 96 valence electrons. The number of piperidine rings is 1. The van der Waals surface area contributed by atoms with Crippen LogP contribution in [0.25, 0.3) is 0 Å². The van der Waals surface area contributed by atoms with Crippen molar-refractivity contribution in [2.45, 2.75) is 64.0 Å². The molecule has 1 aliphatic rings. The van der Waals surface area contributed by atoms with Crippen molar-refractivity contribution in [3.05, 3.63) is 0 Å². The number of nitrogens with one attached hydrogen (secondary N) is 2. The normalized spacial score (nSPS) is 21.5. The minimum absolute atomic E-state index is 0.138. The lowest BCUT2D eigenvalue weighted by Gasteiger charge is -2.23. The van der Waals surface area contributed by atoms with Gasteiger partial charge in [-0.1, -0.05) is 13.3 Å². The molecule has 0 aromatic heterocycles. The van der Waals surface area contributed by atoms with E-state index in [1.807, 2.05) is 6.92 Å². The van der Waals surface area contributed by atoms with Crippen LogP contribution in [-0.2, 0) is 4.79 Å². The summed E-state index contributed by atoms with van der Waals surface area (Å²) in [4.78, 5) is 11.7. The Kier molecular flexibility index (Phi) is 6.73. The zero-order valence-electron chi connectivity index (χ0n) is 10.8. The Morgan fingerprint density at radius 2 is 2.41 bits per heavy atom. The monoisotopic (exact) mass is 236 g/mol. The minimum atomic E-state index is 0.138. The number of carbonyl (C=O) groups is 1. The van der Waals surface area contributed by atoms with Gasteiger partial charge >= 0.3 is 0 Å². The number of carbonyl (C=O) groups excluding carboxylic acids is 1. The quantitative estimate of drug-likeness (QED) is 0.691. The standard InChI is InChI=1S/C14H24N2O/c1-3-7-12(4-2)16-14(17)10-9-13-8-5-6-11-15-13/h1,12-13,15H,4-11H2,2H3,(H,16,17). The van der Waals surface area contributed by atoms with Crippen LogP contribution in [0.5, 0.6) is 0 Å². The second-order valence-corrected chi connectivity index (χ2v) is 4.77. The molecule has 3 heteroatoms. The van der Waals surface area contributed by atoms with Crippen molar-refractivity contribution in [2.24, 2.45) is 0 Å². The molecule has 1 rings (SSSR count). The maximum Gasteiger partial charge on any atom is 0.220 e. The van der Waals surface area contributed by atoms with Crippen LogP contribution in [0.2, 0.25) is 0 Å². The summed E-state index contributed by atoms with van der Waals surface area (Å²) in [5, 5.41) is 6.45. The highest BCUT2D eigenvalue weighted by Gasteiger charge is 2.15. The highest BCUT2D eigenvalue weighted by molar-refractivity contribution is 5.76. The van der Waals surface area contributed by atoms with E-state index in [0.29, 0.717) is 18.9 Å². The van der Waals surface area contributed by atoms with Gasteiger partial charge in [-0.2, -0.15) is 0 Å². The van der Waals surface area contributed by atoms with Crippen LogP contribution in [0.4, 0.5) is 0 Å². The number of amides is 1. The van der Waals surface area contributed by atoms with E-state index in [1.54, 1.807) is 0 Å². The molecule has 1 amide bonds. The molecule has 0 saturated carbocycles. The lowest BCUT2D eigenvalue weighted by Crippen LogP contribution is -2.37. The molecule has 2 N–H and O–H groups in total. The molecule has 0 aromatic rings. The van der Waals surface area contributed by atoms with Gasteiger partial charge in [-0.05, 0) is 32.2 Å². The number of terminal acetylenes is 1. The molecular formula is C14H24N2O. The topological polar surface area (TPSA) is 41.1 Å². The van der Waals surface area contributed by atoms with Gasteiger partial charge in [-0.3, -0.25) is 4.79 Å². The molecule has 0 spiro atoms. The SMILES string of the molecule is C#CCC(CC)NC(=O)CCC1CCCCN1. The highest BCUT2D eigenvalue weighted by atomic mass is 16.1. The van der Waals surface area contributed by atoms with Crippen molar-refractivity contribution < 1.29 is 4.79 Å². The van der Waals surface area contributed by atoms with Gasteiger partial charge in [-0.25, -0.2) is 0 Å². The summed E-state index contributed by atoms with van der Waals surface area (Å²) >= 11 is 0. The predicted octanol–water partition coefficient (Wildman–Crippen LogP) is 1.83. The summed E-state index contributed by atoms with van der Waals surface area (Å²) in [6.07, 6.45) is 12.1. The van der Waals surface area contributed by atoms with Crippen molar-refractivity contribution in [3.8, 4) is 12.3 Å². The molecule has 2 unspecified atom stereocenters. The van der Waals surface area contributed by atoms with Crippen LogP contribution in [-0.4, -0.2) is 24.5 Å². The largest absolute Gasteiger partial charge is 0.352 e. The third-order valence-electron chi connectivity index (χ3n) is 3.35. The van der Waals surface area contributed by atoms with Crippen LogP contribution in [0.15, 0.2) is 0 Å². The van der Waals surface area contributed by atoms with E-state index in [4.69, 9.17) is 6.42 Å². The van der Waals surface area contributed by atoms with E-state index in [9.17, 15) is 4.79 Å². The molecule has 1 fully saturated rings. The summed E-state index contributed by atoms with van der Waals surface area (Å²) in [6.45, 7) is 3.14. The Morgan fingerprint density at radius 3 is 3.00 bits per heavy atom. The first-order chi connectivity index (χ1) is 8.26. The molecule has 0 bridgehead atoms. The summed E-state index contributed by atoms with van der Waals surface area (Å²) in [7, 11) is 0. The molecule has 2 atom stereocenters. The molecule has 0 radical (unpaired) electrons. The van der Waals surface area contributed by atoms with Crippen LogP contribution >= 0.6 is 0 Å². The third kappa shape index (κ3) is 5.74. The van der Waals surface area contributed by atoms with Gasteiger partial charge in [0, 0.05) is 24.9 Å². The molecule has 0 aliphatic carbocycles. The van der Waals surface area contributed by atoms with Gasteiger partial charge in [0.2, 0.25) is 5.91 Å². The maximum atomic E-state index is 11.7. The Labute approximate surface area is 105 Å². The first-order valence-corrected chi connectivity index (χ1v) is 6.72. The van der Waals surface area contributed by atoms with Crippen molar-refractivity contribution in [1.29, 1.82) is 0 Å². The van der Waals surface area contributed by atoms with Gasteiger partial charge in [0.15, 0.2) is 0 Å². The Morgan fingerprint density at radius 1 is 1.59 bits per heavy atom. The first kappa shape index (κ1) is 14.1. The van der Waals surface area contributed by atoms with Crippen molar-refractivity contribution in [2.75, 3.05) is 6.54 Å². The fourth-order valence-corrected chi connectivity index (χ4v) is 2.22. The van der Waals surface area contributed by atoms with E-state index in [-0.39, 0.29) is 11.9 Å². The van der Waals surface area contributed by atoms with Gasteiger partial charge < -0.3 is 10.6 Å². The number of hydrogen-bond donors (Lipinski definition) is 2. The van der Waals surface area contributed by atoms with Gasteiger partial charge in [0.25, 0.3) is 0 Å². The second kappa shape index (κ2) is 8.14. The molecule has 0 aromatic carbocycles. The summed E-state index contributed by atoms with van der Waals surface area (Å²) in [5.41, 5.74) is 0. The van der Waals surface area contributed by atoms with Crippen LogP contribution in [0, 0.1) is 12.3 Å². The van der Waals surface area contributed by atoms with E-state index in [0.717, 1.165) is 19.4 Å². The predicted molar refractivity (Wildman–Crippen MR) is 70.5 cm³/mol. The lowest BCUT2D eigenvalue weighted by atomic mass is 10.0. The Hall–Kier alpha value is -1.01. The van der Waals surface area contributed by atoms with Crippen molar-refractivity contribution in [1.82, 2.24) is 10.6 Å². The minimum Gasteiger partial charge on any atom is -0.352 e. The molecule has 3 nitrogen and oxygen atoms in total. The van der Waals surface area contributed by atoms with Crippen molar-refractivity contribution >= 4 is 5.91 Å². The fourth-order valence-electron chi connectivity index (χ4n) is 2.22. The zero-order chi connectivity index (χ0) is 12.5. The summed E-state index contributed by atoms with van der Waals surface area (Å²) in [6, 6.07) is 0.675. The molecule has 17 heavy (non-hydrogen) atoms. The van der Waals surface area contributed by atoms with Gasteiger partial charge in [0.1, 0.15) is 0 Å². The summed E-state index contributed by atoms with van der Waals surface area (Å²) < 4.78 is 0. The third-order valence-corrected chi connectivity index (χ3v) is 3.35. The molecule has 1 heterocycles. The summed E-state index contributed by atoms with van der Waals surface area (Å²) in [5.74, 6) is 2.74. The lowest BCUT2D eigenvalue weighted by molar-refractivity contribution is -0.122. The average molecular weight is 236 g/mol. The highest BCUT2D eigenvalue weighted by Crippen LogP contribution is 2.11.